The highest BCUT2D eigenvalue weighted by Crippen LogP contribution is 2.20. The fraction of sp³-hybridized carbons (Fsp3) is 0.364. The molecular formula is C11H13ClFNO4S. The van der Waals surface area contributed by atoms with E-state index in [0.29, 0.717) is 0 Å². The van der Waals surface area contributed by atoms with E-state index in [1.807, 2.05) is 0 Å². The van der Waals surface area contributed by atoms with E-state index in [0.717, 1.165) is 6.07 Å². The van der Waals surface area contributed by atoms with Gasteiger partial charge in [0.25, 0.3) is 0 Å². The molecule has 0 aliphatic heterocycles. The van der Waals surface area contributed by atoms with E-state index in [1.54, 1.807) is 0 Å². The molecule has 0 atom stereocenters. The van der Waals surface area contributed by atoms with E-state index >= 15 is 0 Å². The summed E-state index contributed by atoms with van der Waals surface area (Å²) in [7, 11) is -2.38. The van der Waals surface area contributed by atoms with Gasteiger partial charge in [0, 0.05) is 6.42 Å². The van der Waals surface area contributed by atoms with Crippen LogP contribution in [0.2, 0.25) is 5.02 Å². The van der Waals surface area contributed by atoms with Crippen LogP contribution in [0.3, 0.4) is 0 Å². The summed E-state index contributed by atoms with van der Waals surface area (Å²) >= 11 is 5.54. The fourth-order valence-corrected chi connectivity index (χ4v) is 2.59. The van der Waals surface area contributed by atoms with Gasteiger partial charge in [0.15, 0.2) is 0 Å². The SMILES string of the molecule is COC(=O)CCCS(=O)(=O)Nc1ccc(F)c(Cl)c1. The number of sulfonamides is 1. The Labute approximate surface area is 115 Å². The van der Waals surface area contributed by atoms with E-state index in [4.69, 9.17) is 11.6 Å². The molecule has 5 nitrogen and oxygen atoms in total. The van der Waals surface area contributed by atoms with Crippen molar-refractivity contribution in [3.05, 3.63) is 29.0 Å². The Kier molecular flexibility index (Phi) is 5.56. The summed E-state index contributed by atoms with van der Waals surface area (Å²) in [5.41, 5.74) is 0.171. The summed E-state index contributed by atoms with van der Waals surface area (Å²) in [6, 6.07) is 3.50. The maximum absolute atomic E-state index is 12.9. The molecule has 0 saturated heterocycles. The molecule has 0 bridgehead atoms. The Hall–Kier alpha value is -1.34. The minimum Gasteiger partial charge on any atom is -0.469 e. The lowest BCUT2D eigenvalue weighted by molar-refractivity contribution is -0.140. The second kappa shape index (κ2) is 6.72. The molecule has 1 aromatic carbocycles. The van der Waals surface area contributed by atoms with Crippen LogP contribution < -0.4 is 4.72 Å². The van der Waals surface area contributed by atoms with E-state index in [-0.39, 0.29) is 29.3 Å². The topological polar surface area (TPSA) is 72.5 Å². The van der Waals surface area contributed by atoms with Crippen LogP contribution >= 0.6 is 11.6 Å². The number of halogens is 2. The zero-order valence-electron chi connectivity index (χ0n) is 10.2. The zero-order chi connectivity index (χ0) is 14.5. The summed E-state index contributed by atoms with van der Waals surface area (Å²) < 4.78 is 42.9. The monoisotopic (exact) mass is 309 g/mol. The third-order valence-corrected chi connectivity index (χ3v) is 3.88. The largest absolute Gasteiger partial charge is 0.469 e. The molecule has 8 heteroatoms. The van der Waals surface area contributed by atoms with E-state index in [9.17, 15) is 17.6 Å². The van der Waals surface area contributed by atoms with Crippen LogP contribution in [0.15, 0.2) is 18.2 Å². The highest BCUT2D eigenvalue weighted by Gasteiger charge is 2.12. The molecule has 1 aromatic rings. The Morgan fingerprint density at radius 1 is 1.47 bits per heavy atom. The van der Waals surface area contributed by atoms with Crippen LogP contribution in [-0.2, 0) is 19.6 Å². The highest BCUT2D eigenvalue weighted by atomic mass is 35.5. The van der Waals surface area contributed by atoms with Gasteiger partial charge in [-0.3, -0.25) is 9.52 Å². The molecule has 0 aromatic heterocycles. The first kappa shape index (κ1) is 15.7. The van der Waals surface area contributed by atoms with Crippen LogP contribution in [0.1, 0.15) is 12.8 Å². The number of rotatable bonds is 6. The van der Waals surface area contributed by atoms with Gasteiger partial charge >= 0.3 is 5.97 Å². The number of hydrogen-bond donors (Lipinski definition) is 1. The van der Waals surface area contributed by atoms with E-state index in [2.05, 4.69) is 9.46 Å². The maximum atomic E-state index is 12.9. The van der Waals surface area contributed by atoms with Crippen molar-refractivity contribution in [1.82, 2.24) is 0 Å². The lowest BCUT2D eigenvalue weighted by atomic mass is 10.3. The molecule has 0 radical (unpaired) electrons. The van der Waals surface area contributed by atoms with Crippen LogP contribution in [0, 0.1) is 5.82 Å². The summed E-state index contributed by atoms with van der Waals surface area (Å²) in [4.78, 5) is 10.8. The van der Waals surface area contributed by atoms with Gasteiger partial charge in [0.05, 0.1) is 23.6 Å². The van der Waals surface area contributed by atoms with Gasteiger partial charge < -0.3 is 4.74 Å². The first-order valence-electron chi connectivity index (χ1n) is 5.36. The molecule has 0 saturated carbocycles. The van der Waals surface area contributed by atoms with Gasteiger partial charge in [-0.15, -0.1) is 0 Å². The van der Waals surface area contributed by atoms with Crippen molar-refractivity contribution in [3.8, 4) is 0 Å². The van der Waals surface area contributed by atoms with Crippen molar-refractivity contribution < 1.29 is 22.3 Å². The van der Waals surface area contributed by atoms with Crippen LogP contribution in [0.25, 0.3) is 0 Å². The second-order valence-electron chi connectivity index (χ2n) is 3.73. The fourth-order valence-electron chi connectivity index (χ4n) is 1.30. The van der Waals surface area contributed by atoms with Crippen molar-refractivity contribution in [2.75, 3.05) is 17.6 Å². The lowest BCUT2D eigenvalue weighted by Crippen LogP contribution is -2.17. The van der Waals surface area contributed by atoms with Gasteiger partial charge in [-0.1, -0.05) is 11.6 Å². The zero-order valence-corrected chi connectivity index (χ0v) is 11.7. The summed E-state index contributed by atoms with van der Waals surface area (Å²) in [6.45, 7) is 0. The van der Waals surface area contributed by atoms with Gasteiger partial charge in [0.2, 0.25) is 10.0 Å². The molecule has 0 aliphatic carbocycles. The number of carbonyl (C=O) groups is 1. The normalized spacial score (nSPS) is 11.1. The standard InChI is InChI=1S/C11H13ClFNO4S/c1-18-11(15)3-2-6-19(16,17)14-8-4-5-10(13)9(12)7-8/h4-5,7,14H,2-3,6H2,1H3. The number of esters is 1. The average molecular weight is 310 g/mol. The summed E-state index contributed by atoms with van der Waals surface area (Å²) in [5.74, 6) is -1.34. The molecule has 106 valence electrons. The smallest absolute Gasteiger partial charge is 0.305 e. The predicted molar refractivity (Wildman–Crippen MR) is 70.1 cm³/mol. The Morgan fingerprint density at radius 2 is 2.16 bits per heavy atom. The van der Waals surface area contributed by atoms with Crippen LogP contribution in [0.4, 0.5) is 10.1 Å². The van der Waals surface area contributed by atoms with Gasteiger partial charge in [-0.2, -0.15) is 0 Å². The highest BCUT2D eigenvalue weighted by molar-refractivity contribution is 7.92. The Morgan fingerprint density at radius 3 is 2.74 bits per heavy atom. The average Bonchev–Trinajstić information content (AvgIpc) is 2.33. The number of carbonyl (C=O) groups excluding carboxylic acids is 1. The molecule has 0 aliphatic rings. The third kappa shape index (κ3) is 5.44. The molecule has 0 amide bonds. The quantitative estimate of drug-likeness (QED) is 0.817. The number of nitrogens with one attached hydrogen (secondary N) is 1. The van der Waals surface area contributed by atoms with Crippen LogP contribution in [0.5, 0.6) is 0 Å². The minimum atomic E-state index is -3.61. The van der Waals surface area contributed by atoms with Crippen LogP contribution in [-0.4, -0.2) is 27.2 Å². The van der Waals surface area contributed by atoms with Crippen molar-refractivity contribution in [1.29, 1.82) is 0 Å². The number of anilines is 1. The number of methoxy groups -OCH3 is 1. The van der Waals surface area contributed by atoms with Gasteiger partial charge in [-0.05, 0) is 24.6 Å². The van der Waals surface area contributed by atoms with E-state index < -0.39 is 21.8 Å². The van der Waals surface area contributed by atoms with E-state index in [1.165, 1.54) is 19.2 Å². The molecule has 0 spiro atoms. The van der Waals surface area contributed by atoms with Gasteiger partial charge in [-0.25, -0.2) is 12.8 Å². The molecule has 1 N–H and O–H groups in total. The summed E-state index contributed by atoms with van der Waals surface area (Å²) in [6.07, 6.45) is 0.151. The predicted octanol–water partition coefficient (Wildman–Crippen LogP) is 2.17. The molecule has 19 heavy (non-hydrogen) atoms. The molecular weight excluding hydrogens is 297 g/mol. The summed E-state index contributed by atoms with van der Waals surface area (Å²) in [5, 5.41) is -0.172. The van der Waals surface area contributed by atoms with Crippen molar-refractivity contribution >= 4 is 33.3 Å². The second-order valence-corrected chi connectivity index (χ2v) is 5.98. The molecule has 1 rings (SSSR count). The first-order valence-corrected chi connectivity index (χ1v) is 7.39. The minimum absolute atomic E-state index is 0.0155. The number of benzene rings is 1. The Balaban J connectivity index is 2.59. The van der Waals surface area contributed by atoms with Crippen molar-refractivity contribution in [2.24, 2.45) is 0 Å². The Bertz CT molecular complexity index is 562. The van der Waals surface area contributed by atoms with Crippen molar-refractivity contribution in [2.45, 2.75) is 12.8 Å². The number of ether oxygens (including phenoxy) is 1. The molecule has 0 fully saturated rings. The number of hydrogen-bond acceptors (Lipinski definition) is 4. The first-order chi connectivity index (χ1) is 8.84. The lowest BCUT2D eigenvalue weighted by Gasteiger charge is -2.08. The third-order valence-electron chi connectivity index (χ3n) is 2.21. The molecule has 0 heterocycles. The van der Waals surface area contributed by atoms with Crippen molar-refractivity contribution in [3.63, 3.8) is 0 Å². The molecule has 0 unspecified atom stereocenters. The van der Waals surface area contributed by atoms with Gasteiger partial charge in [0.1, 0.15) is 5.82 Å². The maximum Gasteiger partial charge on any atom is 0.305 e.